The van der Waals surface area contributed by atoms with Crippen LogP contribution in [0.2, 0.25) is 0 Å². The van der Waals surface area contributed by atoms with Crippen molar-refractivity contribution in [3.05, 3.63) is 0 Å². The van der Waals surface area contributed by atoms with Crippen LogP contribution in [0.5, 0.6) is 0 Å². The molecule has 2 heteroatoms. The van der Waals surface area contributed by atoms with Gasteiger partial charge in [0.15, 0.2) is 0 Å². The maximum Gasteiger partial charge on any atom is 0.0445 e. The van der Waals surface area contributed by atoms with Gasteiger partial charge < -0.3 is 10.8 Å². The fourth-order valence-electron chi connectivity index (χ4n) is 2.24. The summed E-state index contributed by atoms with van der Waals surface area (Å²) in [6, 6.07) is 0.219. The Hall–Kier alpha value is -0.0800. The first-order valence-electron chi connectivity index (χ1n) is 4.91. The van der Waals surface area contributed by atoms with E-state index in [0.717, 1.165) is 6.42 Å². The van der Waals surface area contributed by atoms with E-state index in [2.05, 4.69) is 13.8 Å². The van der Waals surface area contributed by atoms with E-state index in [1.54, 1.807) is 0 Å². The van der Waals surface area contributed by atoms with Gasteiger partial charge in [-0.25, -0.2) is 0 Å². The molecule has 0 aromatic heterocycles. The molecule has 0 aromatic carbocycles. The summed E-state index contributed by atoms with van der Waals surface area (Å²) in [5.74, 6) is 0.646. The smallest absolute Gasteiger partial charge is 0.0445 e. The zero-order chi connectivity index (χ0) is 9.19. The van der Waals surface area contributed by atoms with E-state index in [4.69, 9.17) is 10.8 Å². The SMILES string of the molecule is CC1(C)CCC(C(N)CCO)C1. The molecule has 0 spiro atoms. The lowest BCUT2D eigenvalue weighted by molar-refractivity contribution is 0.248. The van der Waals surface area contributed by atoms with Gasteiger partial charge in [0.25, 0.3) is 0 Å². The Morgan fingerprint density at radius 1 is 1.58 bits per heavy atom. The molecule has 2 nitrogen and oxygen atoms in total. The number of aliphatic hydroxyl groups is 1. The first kappa shape index (κ1) is 10.0. The summed E-state index contributed by atoms with van der Waals surface area (Å²) >= 11 is 0. The van der Waals surface area contributed by atoms with E-state index >= 15 is 0 Å². The fraction of sp³-hybridized carbons (Fsp3) is 1.00. The monoisotopic (exact) mass is 171 g/mol. The average molecular weight is 171 g/mol. The molecule has 0 bridgehead atoms. The van der Waals surface area contributed by atoms with E-state index < -0.39 is 0 Å². The van der Waals surface area contributed by atoms with E-state index in [9.17, 15) is 0 Å². The van der Waals surface area contributed by atoms with Gasteiger partial charge in [0.2, 0.25) is 0 Å². The summed E-state index contributed by atoms with van der Waals surface area (Å²) in [4.78, 5) is 0. The van der Waals surface area contributed by atoms with Gasteiger partial charge in [-0.05, 0) is 37.0 Å². The Kier molecular flexibility index (Phi) is 3.13. The third-order valence-electron chi connectivity index (χ3n) is 3.07. The van der Waals surface area contributed by atoms with Crippen molar-refractivity contribution in [1.82, 2.24) is 0 Å². The molecule has 0 radical (unpaired) electrons. The molecule has 0 aliphatic heterocycles. The molecular weight excluding hydrogens is 150 g/mol. The van der Waals surface area contributed by atoms with E-state index in [1.807, 2.05) is 0 Å². The summed E-state index contributed by atoms with van der Waals surface area (Å²) in [6.45, 7) is 4.84. The first-order chi connectivity index (χ1) is 5.55. The van der Waals surface area contributed by atoms with Crippen LogP contribution in [-0.2, 0) is 0 Å². The Balaban J connectivity index is 2.36. The van der Waals surface area contributed by atoms with Crippen molar-refractivity contribution in [2.24, 2.45) is 17.1 Å². The van der Waals surface area contributed by atoms with E-state index in [-0.39, 0.29) is 12.6 Å². The summed E-state index contributed by atoms with van der Waals surface area (Å²) in [7, 11) is 0. The summed E-state index contributed by atoms with van der Waals surface area (Å²) < 4.78 is 0. The minimum Gasteiger partial charge on any atom is -0.396 e. The minimum absolute atomic E-state index is 0.219. The second-order valence-electron chi connectivity index (χ2n) is 4.84. The first-order valence-corrected chi connectivity index (χ1v) is 4.91. The van der Waals surface area contributed by atoms with Crippen molar-refractivity contribution in [3.8, 4) is 0 Å². The summed E-state index contributed by atoms with van der Waals surface area (Å²) in [5.41, 5.74) is 6.43. The largest absolute Gasteiger partial charge is 0.396 e. The lowest BCUT2D eigenvalue weighted by atomic mass is 9.88. The number of rotatable bonds is 3. The molecule has 0 heterocycles. The van der Waals surface area contributed by atoms with Crippen molar-refractivity contribution in [2.75, 3.05) is 6.61 Å². The predicted octanol–water partition coefficient (Wildman–Crippen LogP) is 1.52. The second-order valence-corrected chi connectivity index (χ2v) is 4.84. The minimum atomic E-state index is 0.219. The van der Waals surface area contributed by atoms with Crippen molar-refractivity contribution in [2.45, 2.75) is 45.6 Å². The van der Waals surface area contributed by atoms with Crippen LogP contribution in [0.15, 0.2) is 0 Å². The van der Waals surface area contributed by atoms with Gasteiger partial charge in [-0.2, -0.15) is 0 Å². The number of nitrogens with two attached hydrogens (primary N) is 1. The van der Waals surface area contributed by atoms with Crippen LogP contribution < -0.4 is 5.73 Å². The molecule has 72 valence electrons. The zero-order valence-corrected chi connectivity index (χ0v) is 8.21. The Morgan fingerprint density at radius 2 is 2.25 bits per heavy atom. The zero-order valence-electron chi connectivity index (χ0n) is 8.21. The number of hydrogen-bond acceptors (Lipinski definition) is 2. The Bertz CT molecular complexity index is 145. The topological polar surface area (TPSA) is 46.2 Å². The van der Waals surface area contributed by atoms with Crippen LogP contribution in [0.1, 0.15) is 39.5 Å². The molecule has 3 N–H and O–H groups in total. The molecule has 1 fully saturated rings. The van der Waals surface area contributed by atoms with Gasteiger partial charge in [0.1, 0.15) is 0 Å². The normalized spacial score (nSPS) is 30.5. The molecule has 1 rings (SSSR count). The summed E-state index contributed by atoms with van der Waals surface area (Å²) in [6.07, 6.45) is 4.53. The number of hydrogen-bond donors (Lipinski definition) is 2. The highest BCUT2D eigenvalue weighted by Crippen LogP contribution is 2.42. The highest BCUT2D eigenvalue weighted by Gasteiger charge is 2.33. The molecule has 0 amide bonds. The highest BCUT2D eigenvalue weighted by molar-refractivity contribution is 4.87. The van der Waals surface area contributed by atoms with Crippen LogP contribution in [0.3, 0.4) is 0 Å². The van der Waals surface area contributed by atoms with Crippen molar-refractivity contribution in [1.29, 1.82) is 0 Å². The molecule has 0 saturated heterocycles. The molecule has 0 aromatic rings. The van der Waals surface area contributed by atoms with Gasteiger partial charge in [-0.15, -0.1) is 0 Å². The van der Waals surface area contributed by atoms with E-state index in [1.165, 1.54) is 19.3 Å². The molecular formula is C10H21NO. The molecule has 2 atom stereocenters. The van der Waals surface area contributed by atoms with Gasteiger partial charge in [0.05, 0.1) is 0 Å². The maximum absolute atomic E-state index is 8.75. The van der Waals surface area contributed by atoms with Crippen LogP contribution in [0.25, 0.3) is 0 Å². The number of aliphatic hydroxyl groups excluding tert-OH is 1. The van der Waals surface area contributed by atoms with Crippen molar-refractivity contribution in [3.63, 3.8) is 0 Å². The quantitative estimate of drug-likeness (QED) is 0.676. The Morgan fingerprint density at radius 3 is 2.67 bits per heavy atom. The standard InChI is InChI=1S/C10H21NO/c1-10(2)5-3-8(7-10)9(11)4-6-12/h8-9,12H,3-7,11H2,1-2H3. The maximum atomic E-state index is 8.75. The lowest BCUT2D eigenvalue weighted by Gasteiger charge is -2.21. The molecule has 2 unspecified atom stereocenters. The van der Waals surface area contributed by atoms with Gasteiger partial charge in [-0.1, -0.05) is 13.8 Å². The van der Waals surface area contributed by atoms with Crippen LogP contribution in [0, 0.1) is 11.3 Å². The van der Waals surface area contributed by atoms with Crippen molar-refractivity contribution >= 4 is 0 Å². The third kappa shape index (κ3) is 2.46. The van der Waals surface area contributed by atoms with E-state index in [0.29, 0.717) is 11.3 Å². The molecule has 1 aliphatic rings. The summed E-state index contributed by atoms with van der Waals surface area (Å²) in [5, 5.41) is 8.75. The van der Waals surface area contributed by atoms with Gasteiger partial charge >= 0.3 is 0 Å². The highest BCUT2D eigenvalue weighted by atomic mass is 16.3. The van der Waals surface area contributed by atoms with Gasteiger partial charge in [-0.3, -0.25) is 0 Å². The van der Waals surface area contributed by atoms with Crippen LogP contribution in [-0.4, -0.2) is 17.8 Å². The predicted molar refractivity (Wildman–Crippen MR) is 50.8 cm³/mol. The fourth-order valence-corrected chi connectivity index (χ4v) is 2.24. The van der Waals surface area contributed by atoms with Crippen LogP contribution >= 0.6 is 0 Å². The van der Waals surface area contributed by atoms with Crippen molar-refractivity contribution < 1.29 is 5.11 Å². The van der Waals surface area contributed by atoms with Gasteiger partial charge in [0, 0.05) is 12.6 Å². The molecule has 1 aliphatic carbocycles. The lowest BCUT2D eigenvalue weighted by Crippen LogP contribution is -2.30. The third-order valence-corrected chi connectivity index (χ3v) is 3.07. The average Bonchev–Trinajstić information content (AvgIpc) is 2.31. The molecule has 12 heavy (non-hydrogen) atoms. The second kappa shape index (κ2) is 3.75. The molecule has 1 saturated carbocycles. The van der Waals surface area contributed by atoms with Crippen LogP contribution in [0.4, 0.5) is 0 Å². The Labute approximate surface area is 75.2 Å².